The number of hydrogen-bond donors (Lipinski definition) is 2. The normalized spacial score (nSPS) is 10.9. The predicted octanol–water partition coefficient (Wildman–Crippen LogP) is 2.39. The lowest BCUT2D eigenvalue weighted by Gasteiger charge is -2.17. The lowest BCUT2D eigenvalue weighted by molar-refractivity contribution is 0.281. The van der Waals surface area contributed by atoms with E-state index >= 15 is 0 Å². The van der Waals surface area contributed by atoms with Crippen LogP contribution in [-0.2, 0) is 19.7 Å². The highest BCUT2D eigenvalue weighted by Crippen LogP contribution is 2.11. The fourth-order valence-corrected chi connectivity index (χ4v) is 2.05. The van der Waals surface area contributed by atoms with Gasteiger partial charge in [0.1, 0.15) is 0 Å². The fourth-order valence-electron chi connectivity index (χ4n) is 2.05. The largest absolute Gasteiger partial charge is 0.399 e. The van der Waals surface area contributed by atoms with Crippen LogP contribution in [-0.4, -0.2) is 17.1 Å². The highest BCUT2D eigenvalue weighted by Gasteiger charge is 2.02. The molecular weight excluding hydrogens is 236 g/mol. The molecule has 0 saturated carbocycles. The monoisotopic (exact) mass is 256 g/mol. The number of aliphatic hydroxyl groups is 1. The molecule has 0 aliphatic carbocycles. The summed E-state index contributed by atoms with van der Waals surface area (Å²) in [6, 6.07) is 16.0. The van der Waals surface area contributed by atoms with Crippen molar-refractivity contribution in [2.45, 2.75) is 19.7 Å². The average molecular weight is 256 g/mol. The number of rotatable bonds is 5. The maximum atomic E-state index is 9.01. The molecule has 2 aromatic rings. The van der Waals surface area contributed by atoms with Crippen LogP contribution in [0.5, 0.6) is 0 Å². The summed E-state index contributed by atoms with van der Waals surface area (Å²) in [6.45, 7) is 1.87. The van der Waals surface area contributed by atoms with Crippen LogP contribution in [0.2, 0.25) is 0 Å². The van der Waals surface area contributed by atoms with Crippen LogP contribution in [0, 0.1) is 0 Å². The first-order valence-corrected chi connectivity index (χ1v) is 6.39. The standard InChI is InChI=1S/C16H20N2O/c1-18(11-14-6-8-16(17)9-7-14)10-13-2-4-15(12-19)5-3-13/h2-9,19H,10-12,17H2,1H3. The average Bonchev–Trinajstić information content (AvgIpc) is 2.42. The maximum Gasteiger partial charge on any atom is 0.0681 e. The summed E-state index contributed by atoms with van der Waals surface area (Å²) in [4.78, 5) is 2.25. The van der Waals surface area contributed by atoms with Crippen molar-refractivity contribution in [2.75, 3.05) is 12.8 Å². The zero-order chi connectivity index (χ0) is 13.7. The van der Waals surface area contributed by atoms with Gasteiger partial charge in [0.05, 0.1) is 6.61 Å². The van der Waals surface area contributed by atoms with Gasteiger partial charge in [0, 0.05) is 18.8 Å². The molecule has 0 saturated heterocycles. The van der Waals surface area contributed by atoms with Gasteiger partial charge in [0.2, 0.25) is 0 Å². The predicted molar refractivity (Wildman–Crippen MR) is 78.4 cm³/mol. The molecule has 3 heteroatoms. The van der Waals surface area contributed by atoms with Crippen molar-refractivity contribution in [2.24, 2.45) is 0 Å². The third kappa shape index (κ3) is 4.09. The summed E-state index contributed by atoms with van der Waals surface area (Å²) in [5, 5.41) is 9.01. The Morgan fingerprint density at radius 2 is 1.26 bits per heavy atom. The molecule has 3 N–H and O–H groups in total. The van der Waals surface area contributed by atoms with Gasteiger partial charge in [-0.25, -0.2) is 0 Å². The van der Waals surface area contributed by atoms with Crippen LogP contribution in [0.1, 0.15) is 16.7 Å². The van der Waals surface area contributed by atoms with E-state index in [-0.39, 0.29) is 6.61 Å². The molecule has 0 aliphatic heterocycles. The van der Waals surface area contributed by atoms with E-state index in [0.717, 1.165) is 24.3 Å². The molecule has 0 aromatic heterocycles. The Bertz CT molecular complexity index is 505. The van der Waals surface area contributed by atoms with Crippen molar-refractivity contribution in [3.63, 3.8) is 0 Å². The fraction of sp³-hybridized carbons (Fsp3) is 0.250. The summed E-state index contributed by atoms with van der Waals surface area (Å²) in [5.41, 5.74) is 9.92. The van der Waals surface area contributed by atoms with Crippen LogP contribution >= 0.6 is 0 Å². The van der Waals surface area contributed by atoms with E-state index < -0.39 is 0 Å². The van der Waals surface area contributed by atoms with E-state index in [1.54, 1.807) is 0 Å². The van der Waals surface area contributed by atoms with Gasteiger partial charge in [-0.3, -0.25) is 4.90 Å². The first kappa shape index (κ1) is 13.6. The first-order valence-electron chi connectivity index (χ1n) is 6.39. The van der Waals surface area contributed by atoms with Crippen molar-refractivity contribution in [3.8, 4) is 0 Å². The second kappa shape index (κ2) is 6.36. The Kier molecular flexibility index (Phi) is 4.55. The van der Waals surface area contributed by atoms with Crippen molar-refractivity contribution < 1.29 is 5.11 Å². The third-order valence-electron chi connectivity index (χ3n) is 3.09. The molecule has 3 nitrogen and oxygen atoms in total. The Morgan fingerprint density at radius 1 is 0.842 bits per heavy atom. The molecule has 0 spiro atoms. The van der Waals surface area contributed by atoms with Crippen molar-refractivity contribution in [1.82, 2.24) is 4.90 Å². The Morgan fingerprint density at radius 3 is 1.74 bits per heavy atom. The number of nitrogens with two attached hydrogens (primary N) is 1. The van der Waals surface area contributed by atoms with E-state index in [0.29, 0.717) is 0 Å². The molecule has 2 aromatic carbocycles. The van der Waals surface area contributed by atoms with Crippen LogP contribution in [0.15, 0.2) is 48.5 Å². The Balaban J connectivity index is 1.92. The van der Waals surface area contributed by atoms with Crippen LogP contribution in [0.4, 0.5) is 5.69 Å². The van der Waals surface area contributed by atoms with Crippen molar-refractivity contribution in [3.05, 3.63) is 65.2 Å². The quantitative estimate of drug-likeness (QED) is 0.808. The minimum absolute atomic E-state index is 0.0988. The lowest BCUT2D eigenvalue weighted by atomic mass is 10.1. The molecule has 2 rings (SSSR count). The minimum atomic E-state index is 0.0988. The van der Waals surface area contributed by atoms with E-state index in [1.807, 2.05) is 24.3 Å². The lowest BCUT2D eigenvalue weighted by Crippen LogP contribution is -2.17. The summed E-state index contributed by atoms with van der Waals surface area (Å²) in [6.07, 6.45) is 0. The smallest absolute Gasteiger partial charge is 0.0681 e. The number of hydrogen-bond acceptors (Lipinski definition) is 3. The van der Waals surface area contributed by atoms with E-state index in [2.05, 4.69) is 36.2 Å². The van der Waals surface area contributed by atoms with Gasteiger partial charge in [0.15, 0.2) is 0 Å². The summed E-state index contributed by atoms with van der Waals surface area (Å²) >= 11 is 0. The second-order valence-corrected chi connectivity index (χ2v) is 4.89. The van der Waals surface area contributed by atoms with Gasteiger partial charge in [0.25, 0.3) is 0 Å². The first-order chi connectivity index (χ1) is 9.17. The van der Waals surface area contributed by atoms with Gasteiger partial charge in [-0.1, -0.05) is 36.4 Å². The zero-order valence-corrected chi connectivity index (χ0v) is 11.2. The molecule has 0 unspecified atom stereocenters. The maximum absolute atomic E-state index is 9.01. The van der Waals surface area contributed by atoms with E-state index in [1.165, 1.54) is 11.1 Å². The van der Waals surface area contributed by atoms with Crippen molar-refractivity contribution >= 4 is 5.69 Å². The molecule has 19 heavy (non-hydrogen) atoms. The van der Waals surface area contributed by atoms with E-state index in [9.17, 15) is 0 Å². The summed E-state index contributed by atoms with van der Waals surface area (Å²) in [5.74, 6) is 0. The van der Waals surface area contributed by atoms with Gasteiger partial charge >= 0.3 is 0 Å². The summed E-state index contributed by atoms with van der Waals surface area (Å²) in [7, 11) is 2.09. The molecule has 0 atom stereocenters. The van der Waals surface area contributed by atoms with Crippen molar-refractivity contribution in [1.29, 1.82) is 0 Å². The number of nitrogens with zero attached hydrogens (tertiary/aromatic N) is 1. The van der Waals surface area contributed by atoms with Crippen LogP contribution in [0.3, 0.4) is 0 Å². The van der Waals surface area contributed by atoms with Crippen LogP contribution in [0.25, 0.3) is 0 Å². The van der Waals surface area contributed by atoms with E-state index in [4.69, 9.17) is 10.8 Å². The molecule has 0 bridgehead atoms. The third-order valence-corrected chi connectivity index (χ3v) is 3.09. The van der Waals surface area contributed by atoms with Gasteiger partial charge in [-0.15, -0.1) is 0 Å². The molecule has 0 aliphatic rings. The number of aliphatic hydroxyl groups excluding tert-OH is 1. The van der Waals surface area contributed by atoms with Gasteiger partial charge in [-0.05, 0) is 35.9 Å². The molecule has 0 radical (unpaired) electrons. The summed E-state index contributed by atoms with van der Waals surface area (Å²) < 4.78 is 0. The highest BCUT2D eigenvalue weighted by molar-refractivity contribution is 5.39. The molecule has 0 amide bonds. The topological polar surface area (TPSA) is 49.5 Å². The number of anilines is 1. The molecular formula is C16H20N2O. The zero-order valence-electron chi connectivity index (χ0n) is 11.2. The highest BCUT2D eigenvalue weighted by atomic mass is 16.3. The molecule has 0 fully saturated rings. The number of nitrogen functional groups attached to an aromatic ring is 1. The second-order valence-electron chi connectivity index (χ2n) is 4.89. The van der Waals surface area contributed by atoms with Gasteiger partial charge in [-0.2, -0.15) is 0 Å². The molecule has 100 valence electrons. The Labute approximate surface area is 114 Å². The SMILES string of the molecule is CN(Cc1ccc(N)cc1)Cc1ccc(CO)cc1. The molecule has 0 heterocycles. The minimum Gasteiger partial charge on any atom is -0.399 e. The van der Waals surface area contributed by atoms with Gasteiger partial charge < -0.3 is 10.8 Å². The Hall–Kier alpha value is -1.84. The number of benzene rings is 2. The van der Waals surface area contributed by atoms with Crippen LogP contribution < -0.4 is 5.73 Å².